The number of nitrogens with one attached hydrogen (secondary N) is 1. The average Bonchev–Trinajstić information content (AvgIpc) is 3.09. The number of aromatic nitrogens is 2. The fraction of sp³-hybridized carbons (Fsp3) is 0.500. The third kappa shape index (κ3) is 5.99. The van der Waals surface area contributed by atoms with Gasteiger partial charge in [0.05, 0.1) is 31.6 Å². The summed E-state index contributed by atoms with van der Waals surface area (Å²) in [5, 5.41) is 7.19. The van der Waals surface area contributed by atoms with Gasteiger partial charge in [-0.2, -0.15) is 5.10 Å². The third-order valence-corrected chi connectivity index (χ3v) is 4.22. The molecular formula is C20H30N4O3. The van der Waals surface area contributed by atoms with Crippen LogP contribution in [0, 0.1) is 0 Å². The van der Waals surface area contributed by atoms with Crippen LogP contribution >= 0.6 is 0 Å². The van der Waals surface area contributed by atoms with E-state index in [1.54, 1.807) is 31.5 Å². The number of anilines is 1. The van der Waals surface area contributed by atoms with Gasteiger partial charge in [0.2, 0.25) is 0 Å². The van der Waals surface area contributed by atoms with E-state index in [0.717, 1.165) is 26.2 Å². The van der Waals surface area contributed by atoms with Crippen LogP contribution in [0.5, 0.6) is 11.5 Å². The number of hydrogen-bond acceptors (Lipinski definition) is 5. The molecule has 27 heavy (non-hydrogen) atoms. The number of rotatable bonds is 10. The maximum Gasteiger partial charge on any atom is 0.255 e. The first-order valence-corrected chi connectivity index (χ1v) is 9.37. The molecule has 0 unspecified atom stereocenters. The molecule has 1 N–H and O–H groups in total. The molecule has 0 atom stereocenters. The van der Waals surface area contributed by atoms with Crippen LogP contribution in [-0.4, -0.2) is 53.4 Å². The van der Waals surface area contributed by atoms with E-state index in [-0.39, 0.29) is 12.0 Å². The Morgan fingerprint density at radius 2 is 2.00 bits per heavy atom. The normalized spacial score (nSPS) is 11.1. The van der Waals surface area contributed by atoms with E-state index in [4.69, 9.17) is 9.47 Å². The lowest BCUT2D eigenvalue weighted by Crippen LogP contribution is -2.27. The minimum atomic E-state index is -0.215. The lowest BCUT2D eigenvalue weighted by molar-refractivity contribution is 0.102. The predicted octanol–water partition coefficient (Wildman–Crippen LogP) is 3.27. The Morgan fingerprint density at radius 1 is 1.26 bits per heavy atom. The Balaban J connectivity index is 2.01. The third-order valence-electron chi connectivity index (χ3n) is 4.22. The van der Waals surface area contributed by atoms with Gasteiger partial charge in [-0.15, -0.1) is 0 Å². The molecule has 1 heterocycles. The zero-order valence-corrected chi connectivity index (χ0v) is 16.9. The largest absolute Gasteiger partial charge is 0.493 e. The van der Waals surface area contributed by atoms with E-state index < -0.39 is 0 Å². The minimum Gasteiger partial charge on any atom is -0.493 e. The molecule has 148 valence electrons. The molecule has 0 aliphatic carbocycles. The van der Waals surface area contributed by atoms with Crippen molar-refractivity contribution in [3.8, 4) is 11.5 Å². The summed E-state index contributed by atoms with van der Waals surface area (Å²) in [5.41, 5.74) is 1.17. The number of carbonyl (C=O) groups excluding carboxylic acids is 1. The van der Waals surface area contributed by atoms with Gasteiger partial charge in [-0.3, -0.25) is 9.48 Å². The molecule has 7 heteroatoms. The molecule has 0 aliphatic heterocycles. The molecule has 0 spiro atoms. The van der Waals surface area contributed by atoms with Gasteiger partial charge in [-0.25, -0.2) is 0 Å². The van der Waals surface area contributed by atoms with Crippen LogP contribution in [0.2, 0.25) is 0 Å². The molecule has 2 aromatic rings. The highest BCUT2D eigenvalue weighted by atomic mass is 16.5. The molecule has 0 aliphatic rings. The molecule has 0 radical (unpaired) electrons. The van der Waals surface area contributed by atoms with Crippen LogP contribution in [0.4, 0.5) is 5.69 Å². The van der Waals surface area contributed by atoms with Crippen molar-refractivity contribution in [2.45, 2.75) is 40.3 Å². The number of amides is 1. The Bertz CT molecular complexity index is 739. The number of ether oxygens (including phenoxy) is 2. The van der Waals surface area contributed by atoms with E-state index >= 15 is 0 Å². The number of nitrogens with zero attached hydrogens (tertiary/aromatic N) is 3. The zero-order valence-electron chi connectivity index (χ0n) is 16.9. The van der Waals surface area contributed by atoms with Gasteiger partial charge in [0, 0.05) is 18.3 Å². The summed E-state index contributed by atoms with van der Waals surface area (Å²) in [5.74, 6) is 0.937. The van der Waals surface area contributed by atoms with Gasteiger partial charge >= 0.3 is 0 Å². The second kappa shape index (κ2) is 9.97. The quantitative estimate of drug-likeness (QED) is 0.691. The molecule has 1 amide bonds. The van der Waals surface area contributed by atoms with Crippen molar-refractivity contribution in [1.82, 2.24) is 14.7 Å². The van der Waals surface area contributed by atoms with Crippen molar-refractivity contribution in [1.29, 1.82) is 0 Å². The van der Waals surface area contributed by atoms with Crippen LogP contribution in [0.3, 0.4) is 0 Å². The summed E-state index contributed by atoms with van der Waals surface area (Å²) < 4.78 is 12.9. The first-order valence-electron chi connectivity index (χ1n) is 9.37. The zero-order chi connectivity index (χ0) is 19.8. The fourth-order valence-electron chi connectivity index (χ4n) is 2.70. The van der Waals surface area contributed by atoms with Gasteiger partial charge in [0.1, 0.15) is 0 Å². The molecule has 0 bridgehead atoms. The monoisotopic (exact) mass is 374 g/mol. The highest BCUT2D eigenvalue weighted by molar-refractivity contribution is 6.04. The summed E-state index contributed by atoms with van der Waals surface area (Å²) in [6, 6.07) is 5.15. The second-order valence-electron chi connectivity index (χ2n) is 6.51. The van der Waals surface area contributed by atoms with Gasteiger partial charge in [-0.05, 0) is 45.1 Å². The molecule has 0 fully saturated rings. The summed E-state index contributed by atoms with van der Waals surface area (Å²) in [4.78, 5) is 14.9. The molecule has 2 rings (SSSR count). The van der Waals surface area contributed by atoms with E-state index in [9.17, 15) is 4.79 Å². The van der Waals surface area contributed by atoms with Crippen molar-refractivity contribution in [3.05, 3.63) is 36.2 Å². The number of hydrogen-bond donors (Lipinski definition) is 1. The SMILES string of the molecule is CCN(CC)CCn1cc(NC(=O)c2ccc(OC(C)C)c(OC)c2)cn1. The molecular weight excluding hydrogens is 344 g/mol. The number of methoxy groups -OCH3 is 1. The van der Waals surface area contributed by atoms with Crippen molar-refractivity contribution in [2.24, 2.45) is 0 Å². The highest BCUT2D eigenvalue weighted by Gasteiger charge is 2.13. The van der Waals surface area contributed by atoms with Crippen LogP contribution in [0.25, 0.3) is 0 Å². The molecule has 1 aromatic carbocycles. The van der Waals surface area contributed by atoms with Crippen LogP contribution < -0.4 is 14.8 Å². The minimum absolute atomic E-state index is 0.0285. The van der Waals surface area contributed by atoms with Crippen molar-refractivity contribution < 1.29 is 14.3 Å². The predicted molar refractivity (Wildman–Crippen MR) is 107 cm³/mol. The molecule has 0 saturated carbocycles. The van der Waals surface area contributed by atoms with Gasteiger partial charge in [0.15, 0.2) is 11.5 Å². The van der Waals surface area contributed by atoms with Gasteiger partial charge < -0.3 is 19.7 Å². The summed E-state index contributed by atoms with van der Waals surface area (Å²) >= 11 is 0. The molecule has 1 aromatic heterocycles. The Labute approximate surface area is 161 Å². The number of benzene rings is 1. The van der Waals surface area contributed by atoms with Crippen molar-refractivity contribution in [2.75, 3.05) is 32.1 Å². The van der Waals surface area contributed by atoms with Gasteiger partial charge in [0.25, 0.3) is 5.91 Å². The Kier molecular flexibility index (Phi) is 7.67. The Morgan fingerprint density at radius 3 is 2.63 bits per heavy atom. The number of carbonyl (C=O) groups is 1. The smallest absolute Gasteiger partial charge is 0.255 e. The van der Waals surface area contributed by atoms with Crippen LogP contribution in [0.15, 0.2) is 30.6 Å². The second-order valence-corrected chi connectivity index (χ2v) is 6.51. The highest BCUT2D eigenvalue weighted by Crippen LogP contribution is 2.29. The van der Waals surface area contributed by atoms with Gasteiger partial charge in [-0.1, -0.05) is 13.8 Å². The summed E-state index contributed by atoms with van der Waals surface area (Å²) in [6.07, 6.45) is 3.53. The van der Waals surface area contributed by atoms with E-state index in [2.05, 4.69) is 29.2 Å². The van der Waals surface area contributed by atoms with Crippen LogP contribution in [0.1, 0.15) is 38.1 Å². The first kappa shape index (κ1) is 20.8. The summed E-state index contributed by atoms with van der Waals surface area (Å²) in [7, 11) is 1.56. The van der Waals surface area contributed by atoms with E-state index in [1.807, 2.05) is 24.7 Å². The first-order chi connectivity index (χ1) is 13.0. The summed E-state index contributed by atoms with van der Waals surface area (Å²) in [6.45, 7) is 11.9. The van der Waals surface area contributed by atoms with Crippen molar-refractivity contribution >= 4 is 11.6 Å². The lowest BCUT2D eigenvalue weighted by atomic mass is 10.2. The maximum absolute atomic E-state index is 12.5. The van der Waals surface area contributed by atoms with E-state index in [1.165, 1.54) is 0 Å². The Hall–Kier alpha value is -2.54. The molecule has 0 saturated heterocycles. The topological polar surface area (TPSA) is 68.6 Å². The average molecular weight is 374 g/mol. The standard InChI is InChI=1S/C20H30N4O3/c1-6-23(7-2)10-11-24-14-17(13-21-24)22-20(25)16-8-9-18(27-15(3)4)19(12-16)26-5/h8-9,12-15H,6-7,10-11H2,1-5H3,(H,22,25). The van der Waals surface area contributed by atoms with Crippen LogP contribution in [-0.2, 0) is 6.54 Å². The van der Waals surface area contributed by atoms with Crippen molar-refractivity contribution in [3.63, 3.8) is 0 Å². The maximum atomic E-state index is 12.5. The number of likely N-dealkylation sites (N-methyl/N-ethyl adjacent to an activating group) is 1. The fourth-order valence-corrected chi connectivity index (χ4v) is 2.70. The van der Waals surface area contributed by atoms with E-state index in [0.29, 0.717) is 22.7 Å². The lowest BCUT2D eigenvalue weighted by Gasteiger charge is -2.17. The molecule has 7 nitrogen and oxygen atoms in total.